The molecule has 0 bridgehead atoms. The summed E-state index contributed by atoms with van der Waals surface area (Å²) in [6.07, 6.45) is 8.90. The molecule has 0 fully saturated rings. The quantitative estimate of drug-likeness (QED) is 0.177. The summed E-state index contributed by atoms with van der Waals surface area (Å²) >= 11 is 0. The Hall–Kier alpha value is -5.05. The Morgan fingerprint density at radius 3 is 2.64 bits per heavy atom. The number of benzene rings is 1. The minimum absolute atomic E-state index is 0.0830. The van der Waals surface area contributed by atoms with Gasteiger partial charge < -0.3 is 25.4 Å². The van der Waals surface area contributed by atoms with Crippen LogP contribution in [0.5, 0.6) is 5.75 Å². The second kappa shape index (κ2) is 14.4. The third-order valence-electron chi connectivity index (χ3n) is 6.76. The highest BCUT2D eigenvalue weighted by Gasteiger charge is 2.19. The van der Waals surface area contributed by atoms with Crippen LogP contribution in [0.3, 0.4) is 0 Å². The number of hydrogen-bond acceptors (Lipinski definition) is 9. The average molecular weight is 596 g/mol. The van der Waals surface area contributed by atoms with Gasteiger partial charge in [0.25, 0.3) is 0 Å². The molecule has 0 radical (unpaired) electrons. The third-order valence-corrected chi connectivity index (χ3v) is 6.76. The molecule has 3 heterocycles. The molecular weight excluding hydrogens is 558 g/mol. The number of esters is 1. The molecule has 1 unspecified atom stereocenters. The number of carbonyl (C=O) groups excluding carboxylic acids is 2. The van der Waals surface area contributed by atoms with Crippen molar-refractivity contribution in [1.29, 1.82) is 5.26 Å². The van der Waals surface area contributed by atoms with E-state index in [1.807, 2.05) is 57.2 Å². The molecule has 44 heavy (non-hydrogen) atoms. The van der Waals surface area contributed by atoms with Gasteiger partial charge in [-0.2, -0.15) is 5.26 Å². The van der Waals surface area contributed by atoms with Gasteiger partial charge in [0.05, 0.1) is 7.11 Å². The Kier molecular flexibility index (Phi) is 10.4. The number of nitrogens with one attached hydrogen (secondary N) is 1. The van der Waals surface area contributed by atoms with Crippen LogP contribution in [0.15, 0.2) is 67.1 Å². The molecule has 11 nitrogen and oxygen atoms in total. The molecule has 1 aromatic carbocycles. The van der Waals surface area contributed by atoms with Gasteiger partial charge in [0, 0.05) is 59.5 Å². The smallest absolute Gasteiger partial charge is 0.324 e. The van der Waals surface area contributed by atoms with Gasteiger partial charge >= 0.3 is 5.97 Å². The van der Waals surface area contributed by atoms with Crippen LogP contribution in [-0.4, -0.2) is 65.1 Å². The van der Waals surface area contributed by atoms with Gasteiger partial charge in [0.15, 0.2) is 6.73 Å². The number of carbonyl (C=O) groups is 2. The number of nitrogens with two attached hydrogens (primary N) is 1. The van der Waals surface area contributed by atoms with Crippen molar-refractivity contribution in [1.82, 2.24) is 19.4 Å². The van der Waals surface area contributed by atoms with E-state index in [1.54, 1.807) is 48.3 Å². The van der Waals surface area contributed by atoms with E-state index < -0.39 is 12.0 Å². The molecule has 0 aliphatic heterocycles. The Balaban J connectivity index is 1.73. The highest BCUT2D eigenvalue weighted by molar-refractivity contribution is 6.00. The van der Waals surface area contributed by atoms with E-state index in [0.29, 0.717) is 30.0 Å². The molecule has 0 spiro atoms. The minimum atomic E-state index is -0.722. The zero-order valence-electron chi connectivity index (χ0n) is 25.6. The standard InChI is InChI=1S/C33H37N7O4/c1-21(2)11-30(35)33(42)44-20-40-19-29(22-8-9-36-26(12-22)17-34)28-15-24(18-37-32(28)40)23-13-25(16-27(14-23)43-5)38-31(41)7-6-10-39(3)4/h6-9,12-16,18-19,21,30H,10-11,20,35H2,1-5H3,(H,38,41). The number of pyridine rings is 2. The third kappa shape index (κ3) is 8.06. The van der Waals surface area contributed by atoms with E-state index in [1.165, 1.54) is 6.08 Å². The first-order chi connectivity index (χ1) is 21.1. The second-order valence-corrected chi connectivity index (χ2v) is 11.1. The maximum atomic E-state index is 12.6. The number of anilines is 1. The first-order valence-corrected chi connectivity index (χ1v) is 14.2. The summed E-state index contributed by atoms with van der Waals surface area (Å²) in [5.74, 6) is 0.0672. The zero-order chi connectivity index (χ0) is 31.8. The van der Waals surface area contributed by atoms with Crippen LogP contribution in [0.1, 0.15) is 26.0 Å². The first kappa shape index (κ1) is 31.9. The van der Waals surface area contributed by atoms with E-state index in [9.17, 15) is 14.9 Å². The number of fused-ring (bicyclic) bond motifs is 1. The van der Waals surface area contributed by atoms with Crippen molar-refractivity contribution in [3.8, 4) is 34.1 Å². The largest absolute Gasteiger partial charge is 0.497 e. The van der Waals surface area contributed by atoms with Crippen LogP contribution in [-0.2, 0) is 21.1 Å². The Morgan fingerprint density at radius 1 is 1.14 bits per heavy atom. The van der Waals surface area contributed by atoms with E-state index in [0.717, 1.165) is 27.6 Å². The highest BCUT2D eigenvalue weighted by atomic mass is 16.5. The molecule has 1 atom stereocenters. The van der Waals surface area contributed by atoms with Crippen LogP contribution in [0.2, 0.25) is 0 Å². The molecular formula is C33H37N7O4. The number of aromatic nitrogens is 3. The van der Waals surface area contributed by atoms with E-state index in [2.05, 4.69) is 16.4 Å². The van der Waals surface area contributed by atoms with E-state index in [4.69, 9.17) is 20.2 Å². The van der Waals surface area contributed by atoms with Gasteiger partial charge in [0.2, 0.25) is 5.91 Å². The van der Waals surface area contributed by atoms with E-state index in [-0.39, 0.29) is 24.2 Å². The summed E-state index contributed by atoms with van der Waals surface area (Å²) in [4.78, 5) is 35.9. The van der Waals surface area contributed by atoms with E-state index >= 15 is 0 Å². The van der Waals surface area contributed by atoms with Crippen molar-refractivity contribution in [2.75, 3.05) is 33.1 Å². The second-order valence-electron chi connectivity index (χ2n) is 11.1. The molecule has 0 saturated carbocycles. The number of likely N-dealkylation sites (N-methyl/N-ethyl adjacent to an activating group) is 1. The SMILES string of the molecule is COc1cc(NC(=O)C=CCN(C)C)cc(-c2cnc3c(c2)c(-c2ccnc(C#N)c2)cn3COC(=O)C(N)CC(C)C)c1. The lowest BCUT2D eigenvalue weighted by Crippen LogP contribution is -2.33. The monoisotopic (exact) mass is 595 g/mol. The minimum Gasteiger partial charge on any atom is -0.497 e. The van der Waals surface area contributed by atoms with Crippen molar-refractivity contribution < 1.29 is 19.1 Å². The summed E-state index contributed by atoms with van der Waals surface area (Å²) in [6.45, 7) is 4.54. The lowest BCUT2D eigenvalue weighted by Gasteiger charge is -2.14. The van der Waals surface area contributed by atoms with Crippen LogP contribution >= 0.6 is 0 Å². The number of nitriles is 1. The molecule has 3 N–H and O–H groups in total. The lowest BCUT2D eigenvalue weighted by atomic mass is 10.0. The van der Waals surface area contributed by atoms with Gasteiger partial charge in [0.1, 0.15) is 29.2 Å². The summed E-state index contributed by atoms with van der Waals surface area (Å²) in [5.41, 5.74) is 10.5. The van der Waals surface area contributed by atoms with Gasteiger partial charge in [-0.15, -0.1) is 0 Å². The molecule has 4 aromatic rings. The Bertz CT molecular complexity index is 1720. The van der Waals surface area contributed by atoms with Crippen LogP contribution in [0.25, 0.3) is 33.3 Å². The molecule has 0 saturated heterocycles. The van der Waals surface area contributed by atoms with Gasteiger partial charge in [-0.05, 0) is 67.9 Å². The van der Waals surface area contributed by atoms with Crippen molar-refractivity contribution in [2.24, 2.45) is 11.7 Å². The van der Waals surface area contributed by atoms with Gasteiger partial charge in [-0.25, -0.2) is 9.97 Å². The van der Waals surface area contributed by atoms with Gasteiger partial charge in [-0.3, -0.25) is 14.2 Å². The average Bonchev–Trinajstić information content (AvgIpc) is 3.37. The lowest BCUT2D eigenvalue weighted by molar-refractivity contribution is -0.149. The normalized spacial score (nSPS) is 12.1. The molecule has 228 valence electrons. The zero-order valence-corrected chi connectivity index (χ0v) is 25.6. The highest BCUT2D eigenvalue weighted by Crippen LogP contribution is 2.35. The van der Waals surface area contributed by atoms with Crippen molar-refractivity contribution in [3.63, 3.8) is 0 Å². The molecule has 11 heteroatoms. The Morgan fingerprint density at radius 2 is 1.93 bits per heavy atom. The number of hydrogen-bond donors (Lipinski definition) is 2. The summed E-state index contributed by atoms with van der Waals surface area (Å²) < 4.78 is 12.8. The first-order valence-electron chi connectivity index (χ1n) is 14.2. The van der Waals surface area contributed by atoms with Crippen molar-refractivity contribution in [2.45, 2.75) is 33.0 Å². The fraction of sp³-hybridized carbons (Fsp3) is 0.303. The number of ether oxygens (including phenoxy) is 2. The number of amides is 1. The number of nitrogens with zero attached hydrogens (tertiary/aromatic N) is 5. The fourth-order valence-corrected chi connectivity index (χ4v) is 4.67. The summed E-state index contributed by atoms with van der Waals surface area (Å²) in [7, 11) is 5.41. The number of methoxy groups -OCH3 is 1. The van der Waals surface area contributed by atoms with Crippen molar-refractivity contribution in [3.05, 3.63) is 72.8 Å². The summed E-state index contributed by atoms with van der Waals surface area (Å²) in [5, 5.41) is 13.1. The molecule has 3 aromatic heterocycles. The molecule has 0 aliphatic rings. The number of rotatable bonds is 12. The van der Waals surface area contributed by atoms with Crippen LogP contribution < -0.4 is 15.8 Å². The molecule has 0 aliphatic carbocycles. The maximum Gasteiger partial charge on any atom is 0.324 e. The summed E-state index contributed by atoms with van der Waals surface area (Å²) in [6, 6.07) is 12.3. The molecule has 1 amide bonds. The molecule has 4 rings (SSSR count). The predicted molar refractivity (Wildman–Crippen MR) is 170 cm³/mol. The fourth-order valence-electron chi connectivity index (χ4n) is 4.67. The van der Waals surface area contributed by atoms with Crippen LogP contribution in [0, 0.1) is 17.2 Å². The predicted octanol–water partition coefficient (Wildman–Crippen LogP) is 4.58. The maximum absolute atomic E-state index is 12.6. The van der Waals surface area contributed by atoms with Crippen molar-refractivity contribution >= 4 is 28.6 Å². The Labute approximate surface area is 256 Å². The van der Waals surface area contributed by atoms with Gasteiger partial charge in [-0.1, -0.05) is 19.9 Å². The topological polar surface area (TPSA) is 148 Å². The van der Waals surface area contributed by atoms with Crippen LogP contribution in [0.4, 0.5) is 5.69 Å².